The highest BCUT2D eigenvalue weighted by Gasteiger charge is 2.52. The van der Waals surface area contributed by atoms with Gasteiger partial charge in [-0.15, -0.1) is 0 Å². The number of carbonyl (C=O) groups is 2. The zero-order valence-corrected chi connectivity index (χ0v) is 11.6. The van der Waals surface area contributed by atoms with Crippen molar-refractivity contribution >= 4 is 46.7 Å². The summed E-state index contributed by atoms with van der Waals surface area (Å²) in [6, 6.07) is -0.368. The van der Waals surface area contributed by atoms with E-state index in [1.54, 1.807) is 6.92 Å². The molecule has 1 amide bonds. The van der Waals surface area contributed by atoms with Crippen molar-refractivity contribution in [2.24, 2.45) is 0 Å². The van der Waals surface area contributed by atoms with Crippen LogP contribution in [-0.4, -0.2) is 44.4 Å². The van der Waals surface area contributed by atoms with E-state index in [1.165, 1.54) is 4.90 Å². The molecule has 0 radical (unpaired) electrons. The Hall–Kier alpha value is -0.490. The number of ether oxygens (including phenoxy) is 1. The Morgan fingerprint density at radius 1 is 1.56 bits per heavy atom. The smallest absolute Gasteiger partial charge is 0.355 e. The minimum absolute atomic E-state index is 0.0537. The number of aliphatic hydroxyl groups is 1. The SMILES string of the molecule is CC1=C(C(=O)OCC(Cl)(Cl)Cl)N2C(=O)C[C@H]2C1O. The molecule has 1 unspecified atom stereocenters. The van der Waals surface area contributed by atoms with E-state index in [1.807, 2.05) is 0 Å². The molecule has 2 atom stereocenters. The molecule has 0 aromatic rings. The average Bonchev–Trinajstić information content (AvgIpc) is 2.45. The number of rotatable bonds is 2. The Kier molecular flexibility index (Phi) is 3.53. The molecule has 0 bridgehead atoms. The Labute approximate surface area is 118 Å². The highest BCUT2D eigenvalue weighted by molar-refractivity contribution is 6.67. The Morgan fingerprint density at radius 2 is 2.17 bits per heavy atom. The zero-order chi connectivity index (χ0) is 13.7. The predicted octanol–water partition coefficient (Wildman–Crippen LogP) is 1.15. The molecular weight excluding hydrogens is 304 g/mol. The van der Waals surface area contributed by atoms with Crippen molar-refractivity contribution in [3.8, 4) is 0 Å². The molecule has 1 N–H and O–H groups in total. The van der Waals surface area contributed by atoms with Gasteiger partial charge in [-0.2, -0.15) is 0 Å². The minimum Gasteiger partial charge on any atom is -0.456 e. The van der Waals surface area contributed by atoms with Crippen LogP contribution in [0.4, 0.5) is 0 Å². The minimum atomic E-state index is -1.71. The molecule has 2 aliphatic heterocycles. The number of hydrogen-bond acceptors (Lipinski definition) is 4. The van der Waals surface area contributed by atoms with Crippen molar-refractivity contribution < 1.29 is 19.4 Å². The molecule has 5 nitrogen and oxygen atoms in total. The summed E-state index contributed by atoms with van der Waals surface area (Å²) in [5.41, 5.74) is 0.457. The molecule has 1 saturated heterocycles. The third-order valence-electron chi connectivity index (χ3n) is 2.97. The molecule has 0 spiro atoms. The molecule has 1 fully saturated rings. The number of fused-ring (bicyclic) bond motifs is 1. The first-order valence-electron chi connectivity index (χ1n) is 5.17. The number of β-lactam (4-membered cyclic amide) rings is 1. The van der Waals surface area contributed by atoms with Gasteiger partial charge >= 0.3 is 5.97 Å². The monoisotopic (exact) mass is 313 g/mol. The van der Waals surface area contributed by atoms with Crippen LogP contribution < -0.4 is 0 Å². The van der Waals surface area contributed by atoms with Gasteiger partial charge in [0.25, 0.3) is 0 Å². The van der Waals surface area contributed by atoms with E-state index in [2.05, 4.69) is 0 Å². The fourth-order valence-electron chi connectivity index (χ4n) is 2.08. The van der Waals surface area contributed by atoms with Gasteiger partial charge in [0, 0.05) is 0 Å². The van der Waals surface area contributed by atoms with Crippen LogP contribution in [0.2, 0.25) is 0 Å². The number of aliphatic hydroxyl groups excluding tert-OH is 1. The van der Waals surface area contributed by atoms with Crippen LogP contribution in [0.15, 0.2) is 11.3 Å². The average molecular weight is 315 g/mol. The van der Waals surface area contributed by atoms with E-state index in [9.17, 15) is 14.7 Å². The molecule has 2 aliphatic rings. The molecule has 0 aromatic heterocycles. The van der Waals surface area contributed by atoms with Gasteiger partial charge in [0.2, 0.25) is 9.70 Å². The first-order chi connectivity index (χ1) is 8.22. The van der Waals surface area contributed by atoms with E-state index < -0.39 is 22.5 Å². The quantitative estimate of drug-likeness (QED) is 0.472. The van der Waals surface area contributed by atoms with Crippen molar-refractivity contribution in [1.82, 2.24) is 4.90 Å². The maximum atomic E-state index is 11.8. The van der Waals surface area contributed by atoms with E-state index in [0.29, 0.717) is 5.57 Å². The number of hydrogen-bond donors (Lipinski definition) is 1. The van der Waals surface area contributed by atoms with Crippen molar-refractivity contribution in [2.45, 2.75) is 29.3 Å². The lowest BCUT2D eigenvalue weighted by Gasteiger charge is -2.37. The summed E-state index contributed by atoms with van der Waals surface area (Å²) in [6.45, 7) is 1.15. The largest absolute Gasteiger partial charge is 0.456 e. The van der Waals surface area contributed by atoms with E-state index in [-0.39, 0.29) is 24.1 Å². The molecule has 0 aromatic carbocycles. The van der Waals surface area contributed by atoms with Gasteiger partial charge in [-0.1, -0.05) is 34.8 Å². The van der Waals surface area contributed by atoms with Crippen molar-refractivity contribution in [3.63, 3.8) is 0 Å². The van der Waals surface area contributed by atoms with Gasteiger partial charge < -0.3 is 9.84 Å². The summed E-state index contributed by atoms with van der Waals surface area (Å²) in [7, 11) is 0. The highest BCUT2D eigenvalue weighted by Crippen LogP contribution is 2.39. The van der Waals surface area contributed by atoms with Gasteiger partial charge in [0.15, 0.2) is 0 Å². The molecule has 100 valence electrons. The number of amides is 1. The molecule has 0 aliphatic carbocycles. The standard InChI is InChI=1S/C10H10Cl3NO4/c1-4-7(9(17)18-3-10(11,12)13)14-5(8(4)16)2-6(14)15/h5,8,16H,2-3H2,1H3/t5-,8?/m0/s1. The van der Waals surface area contributed by atoms with Crippen LogP contribution in [0, 0.1) is 0 Å². The van der Waals surface area contributed by atoms with Crippen molar-refractivity contribution in [1.29, 1.82) is 0 Å². The summed E-state index contributed by atoms with van der Waals surface area (Å²) in [6.07, 6.45) is -0.613. The maximum absolute atomic E-state index is 11.8. The van der Waals surface area contributed by atoms with Crippen LogP contribution in [0.3, 0.4) is 0 Å². The van der Waals surface area contributed by atoms with Gasteiger partial charge in [-0.25, -0.2) is 4.79 Å². The second-order valence-corrected chi connectivity index (χ2v) is 6.72. The number of alkyl halides is 3. The van der Waals surface area contributed by atoms with Crippen LogP contribution in [0.5, 0.6) is 0 Å². The fourth-order valence-corrected chi connectivity index (χ4v) is 2.24. The van der Waals surface area contributed by atoms with E-state index >= 15 is 0 Å². The number of halogens is 3. The van der Waals surface area contributed by atoms with Crippen LogP contribution in [0.25, 0.3) is 0 Å². The number of carbonyl (C=O) groups excluding carboxylic acids is 2. The lowest BCUT2D eigenvalue weighted by atomic mass is 9.98. The summed E-state index contributed by atoms with van der Waals surface area (Å²) in [5, 5.41) is 9.82. The van der Waals surface area contributed by atoms with Gasteiger partial charge in [0.1, 0.15) is 12.3 Å². The summed E-state index contributed by atoms with van der Waals surface area (Å²) >= 11 is 16.4. The predicted molar refractivity (Wildman–Crippen MR) is 65.2 cm³/mol. The topological polar surface area (TPSA) is 66.8 Å². The van der Waals surface area contributed by atoms with Gasteiger partial charge in [-0.3, -0.25) is 9.69 Å². The Balaban J connectivity index is 2.12. The molecule has 2 rings (SSSR count). The summed E-state index contributed by atoms with van der Waals surface area (Å²) in [5.74, 6) is -0.995. The van der Waals surface area contributed by atoms with Gasteiger partial charge in [0.05, 0.1) is 18.6 Å². The molecule has 18 heavy (non-hydrogen) atoms. The molecule has 0 saturated carbocycles. The second kappa shape index (κ2) is 4.56. The Bertz CT molecular complexity index is 443. The normalized spacial score (nSPS) is 27.2. The van der Waals surface area contributed by atoms with E-state index in [0.717, 1.165) is 0 Å². The molecular formula is C10H10Cl3NO4. The summed E-state index contributed by atoms with van der Waals surface area (Å²) < 4.78 is 3.10. The highest BCUT2D eigenvalue weighted by atomic mass is 35.6. The van der Waals surface area contributed by atoms with Crippen LogP contribution in [-0.2, 0) is 14.3 Å². The second-order valence-electron chi connectivity index (χ2n) is 4.20. The molecule has 8 heteroatoms. The lowest BCUT2D eigenvalue weighted by Crippen LogP contribution is -2.53. The van der Waals surface area contributed by atoms with Crippen LogP contribution in [0.1, 0.15) is 13.3 Å². The number of esters is 1. The van der Waals surface area contributed by atoms with Gasteiger partial charge in [-0.05, 0) is 12.5 Å². The zero-order valence-electron chi connectivity index (χ0n) is 9.32. The first kappa shape index (κ1) is 13.9. The van der Waals surface area contributed by atoms with Crippen LogP contribution >= 0.6 is 34.8 Å². The van der Waals surface area contributed by atoms with Crippen molar-refractivity contribution in [3.05, 3.63) is 11.3 Å². The maximum Gasteiger partial charge on any atom is 0.355 e. The molecule has 2 heterocycles. The lowest BCUT2D eigenvalue weighted by molar-refractivity contribution is -0.152. The third kappa shape index (κ3) is 2.32. The number of nitrogens with zero attached hydrogens (tertiary/aromatic N) is 1. The Morgan fingerprint density at radius 3 is 2.67 bits per heavy atom. The third-order valence-corrected chi connectivity index (χ3v) is 3.29. The van der Waals surface area contributed by atoms with Crippen molar-refractivity contribution in [2.75, 3.05) is 6.61 Å². The van der Waals surface area contributed by atoms with E-state index in [4.69, 9.17) is 39.5 Å². The fraction of sp³-hybridized carbons (Fsp3) is 0.600. The summed E-state index contributed by atoms with van der Waals surface area (Å²) in [4.78, 5) is 24.5. The first-order valence-corrected chi connectivity index (χ1v) is 6.30.